The van der Waals surface area contributed by atoms with E-state index in [1.807, 2.05) is 0 Å². The average Bonchev–Trinajstić information content (AvgIpc) is 2.35. The van der Waals surface area contributed by atoms with Gasteiger partial charge in [0, 0.05) is 39.8 Å². The van der Waals surface area contributed by atoms with Crippen LogP contribution in [0.4, 0.5) is 11.4 Å². The summed E-state index contributed by atoms with van der Waals surface area (Å²) in [5, 5.41) is 9.15. The molecule has 1 amide bonds. The number of amides is 1. The van der Waals surface area contributed by atoms with Gasteiger partial charge in [-0.2, -0.15) is 0 Å². The van der Waals surface area contributed by atoms with Crippen molar-refractivity contribution in [3.05, 3.63) is 23.8 Å². The number of carbonyl (C=O) groups excluding carboxylic acids is 1. The third-order valence-corrected chi connectivity index (χ3v) is 2.82. The fourth-order valence-electron chi connectivity index (χ4n) is 1.67. The molecule has 0 saturated heterocycles. The third kappa shape index (κ3) is 3.87. The molecule has 0 unspecified atom stereocenters. The van der Waals surface area contributed by atoms with E-state index in [9.17, 15) is 9.59 Å². The van der Waals surface area contributed by atoms with Crippen molar-refractivity contribution in [2.75, 3.05) is 38.3 Å². The van der Waals surface area contributed by atoms with Crippen molar-refractivity contribution in [2.45, 2.75) is 6.42 Å². The highest BCUT2D eigenvalue weighted by atomic mass is 16.4. The summed E-state index contributed by atoms with van der Waals surface area (Å²) >= 11 is 0. The van der Waals surface area contributed by atoms with Gasteiger partial charge in [-0.1, -0.05) is 0 Å². The van der Waals surface area contributed by atoms with E-state index in [-0.39, 0.29) is 11.5 Å². The van der Waals surface area contributed by atoms with E-state index < -0.39 is 5.97 Å². The Morgan fingerprint density at radius 2 is 1.89 bits per heavy atom. The highest BCUT2D eigenvalue weighted by molar-refractivity contribution is 5.95. The third-order valence-electron chi connectivity index (χ3n) is 2.82. The monoisotopic (exact) mass is 265 g/mol. The smallest absolute Gasteiger partial charge is 0.337 e. The molecule has 0 radical (unpaired) electrons. The van der Waals surface area contributed by atoms with Gasteiger partial charge >= 0.3 is 5.97 Å². The number of rotatable bonds is 5. The van der Waals surface area contributed by atoms with Crippen molar-refractivity contribution < 1.29 is 14.7 Å². The molecule has 0 fully saturated rings. The number of nitrogens with zero attached hydrogens (tertiary/aromatic N) is 2. The van der Waals surface area contributed by atoms with Crippen molar-refractivity contribution in [3.63, 3.8) is 0 Å². The van der Waals surface area contributed by atoms with Crippen molar-refractivity contribution in [1.82, 2.24) is 4.90 Å². The van der Waals surface area contributed by atoms with Crippen LogP contribution in [0, 0.1) is 0 Å². The Labute approximate surface area is 112 Å². The van der Waals surface area contributed by atoms with E-state index in [0.29, 0.717) is 24.3 Å². The summed E-state index contributed by atoms with van der Waals surface area (Å²) < 4.78 is 0. The Morgan fingerprint density at radius 3 is 2.42 bits per heavy atom. The molecule has 0 saturated carbocycles. The fraction of sp³-hybridized carbons (Fsp3) is 0.385. The lowest BCUT2D eigenvalue weighted by molar-refractivity contribution is -0.128. The number of nitrogens with two attached hydrogens (primary N) is 1. The molecule has 0 atom stereocenters. The molecule has 1 aromatic carbocycles. The number of carboxylic acids is 1. The van der Waals surface area contributed by atoms with Crippen LogP contribution in [0.5, 0.6) is 0 Å². The van der Waals surface area contributed by atoms with Crippen LogP contribution in [0.1, 0.15) is 16.8 Å². The molecule has 0 spiro atoms. The van der Waals surface area contributed by atoms with Gasteiger partial charge in [0.1, 0.15) is 0 Å². The SMILES string of the molecule is CN(C)C(=O)CCN(C)c1ccc(N)cc1C(=O)O. The molecule has 0 aliphatic carbocycles. The molecule has 6 nitrogen and oxygen atoms in total. The molecule has 0 aliphatic heterocycles. The molecule has 104 valence electrons. The summed E-state index contributed by atoms with van der Waals surface area (Å²) in [5.74, 6) is -1.03. The predicted molar refractivity (Wildman–Crippen MR) is 74.4 cm³/mol. The van der Waals surface area contributed by atoms with Crippen molar-refractivity contribution >= 4 is 23.3 Å². The Morgan fingerprint density at radius 1 is 1.26 bits per heavy atom. The summed E-state index contributed by atoms with van der Waals surface area (Å²) in [7, 11) is 5.13. The minimum absolute atomic E-state index is 0.000769. The first-order chi connectivity index (χ1) is 8.82. The van der Waals surface area contributed by atoms with Gasteiger partial charge in [0.25, 0.3) is 0 Å². The van der Waals surface area contributed by atoms with E-state index in [0.717, 1.165) is 0 Å². The fourth-order valence-corrected chi connectivity index (χ4v) is 1.67. The second kappa shape index (κ2) is 6.08. The summed E-state index contributed by atoms with van der Waals surface area (Å²) in [6, 6.07) is 4.72. The number of nitrogen functional groups attached to an aromatic ring is 1. The van der Waals surface area contributed by atoms with E-state index >= 15 is 0 Å². The Hall–Kier alpha value is -2.24. The molecule has 1 rings (SSSR count). The predicted octanol–water partition coefficient (Wildman–Crippen LogP) is 0.881. The van der Waals surface area contributed by atoms with Crippen LogP contribution in [0.25, 0.3) is 0 Å². The van der Waals surface area contributed by atoms with Gasteiger partial charge in [0.05, 0.1) is 11.3 Å². The van der Waals surface area contributed by atoms with Gasteiger partial charge in [-0.05, 0) is 18.2 Å². The standard InChI is InChI=1S/C13H19N3O3/c1-15(2)12(17)6-7-16(3)11-5-4-9(14)8-10(11)13(18)19/h4-5,8H,6-7,14H2,1-3H3,(H,18,19). The van der Waals surface area contributed by atoms with E-state index in [2.05, 4.69) is 0 Å². The van der Waals surface area contributed by atoms with Crippen LogP contribution in [0.15, 0.2) is 18.2 Å². The largest absolute Gasteiger partial charge is 0.478 e. The van der Waals surface area contributed by atoms with Crippen molar-refractivity contribution in [2.24, 2.45) is 0 Å². The van der Waals surface area contributed by atoms with Crippen LogP contribution in [-0.2, 0) is 4.79 Å². The van der Waals surface area contributed by atoms with Crippen LogP contribution in [-0.4, -0.2) is 49.6 Å². The summed E-state index contributed by atoms with van der Waals surface area (Å²) in [5.41, 5.74) is 6.67. The number of carboxylic acid groups (broad SMARTS) is 1. The zero-order valence-electron chi connectivity index (χ0n) is 11.4. The highest BCUT2D eigenvalue weighted by Gasteiger charge is 2.15. The summed E-state index contributed by atoms with van der Waals surface area (Å²) in [6.07, 6.45) is 0.326. The minimum Gasteiger partial charge on any atom is -0.478 e. The topological polar surface area (TPSA) is 86.9 Å². The summed E-state index contributed by atoms with van der Waals surface area (Å²) in [4.78, 5) is 25.9. The second-order valence-electron chi connectivity index (χ2n) is 4.54. The van der Waals surface area contributed by atoms with Gasteiger partial charge < -0.3 is 20.6 Å². The van der Waals surface area contributed by atoms with Crippen LogP contribution in [0.3, 0.4) is 0 Å². The molecule has 19 heavy (non-hydrogen) atoms. The Bertz CT molecular complexity index is 486. The molecule has 0 aromatic heterocycles. The van der Waals surface area contributed by atoms with E-state index in [1.54, 1.807) is 38.2 Å². The zero-order chi connectivity index (χ0) is 14.6. The lowest BCUT2D eigenvalue weighted by atomic mass is 10.1. The van der Waals surface area contributed by atoms with Gasteiger partial charge in [-0.25, -0.2) is 4.79 Å². The van der Waals surface area contributed by atoms with Gasteiger partial charge in [-0.3, -0.25) is 4.79 Å². The first kappa shape index (κ1) is 14.8. The molecule has 0 heterocycles. The maximum Gasteiger partial charge on any atom is 0.337 e. The van der Waals surface area contributed by atoms with Crippen LogP contribution < -0.4 is 10.6 Å². The maximum absolute atomic E-state index is 11.5. The highest BCUT2D eigenvalue weighted by Crippen LogP contribution is 2.22. The molecular weight excluding hydrogens is 246 g/mol. The normalized spacial score (nSPS) is 10.1. The Balaban J connectivity index is 2.85. The van der Waals surface area contributed by atoms with E-state index in [4.69, 9.17) is 10.8 Å². The Kier molecular flexibility index (Phi) is 4.74. The van der Waals surface area contributed by atoms with Crippen LogP contribution in [0.2, 0.25) is 0 Å². The number of carbonyl (C=O) groups is 2. The van der Waals surface area contributed by atoms with Gasteiger partial charge in [0.2, 0.25) is 5.91 Å². The first-order valence-electron chi connectivity index (χ1n) is 5.87. The molecule has 6 heteroatoms. The second-order valence-corrected chi connectivity index (χ2v) is 4.54. The number of anilines is 2. The number of hydrogen-bond acceptors (Lipinski definition) is 4. The number of aromatic carboxylic acids is 1. The van der Waals surface area contributed by atoms with Gasteiger partial charge in [0.15, 0.2) is 0 Å². The van der Waals surface area contributed by atoms with Crippen molar-refractivity contribution in [3.8, 4) is 0 Å². The average molecular weight is 265 g/mol. The molecule has 0 aliphatic rings. The maximum atomic E-state index is 11.5. The lowest BCUT2D eigenvalue weighted by Crippen LogP contribution is -2.28. The quantitative estimate of drug-likeness (QED) is 0.772. The minimum atomic E-state index is -1.03. The summed E-state index contributed by atoms with van der Waals surface area (Å²) in [6.45, 7) is 0.446. The molecule has 1 aromatic rings. The van der Waals surface area contributed by atoms with Gasteiger partial charge in [-0.15, -0.1) is 0 Å². The number of benzene rings is 1. The van der Waals surface area contributed by atoms with E-state index in [1.165, 1.54) is 11.0 Å². The molecule has 3 N–H and O–H groups in total. The lowest BCUT2D eigenvalue weighted by Gasteiger charge is -2.22. The molecular formula is C13H19N3O3. The molecule has 0 bridgehead atoms. The van der Waals surface area contributed by atoms with Crippen LogP contribution >= 0.6 is 0 Å². The first-order valence-corrected chi connectivity index (χ1v) is 5.87. The zero-order valence-corrected chi connectivity index (χ0v) is 11.4. The number of hydrogen-bond donors (Lipinski definition) is 2. The van der Waals surface area contributed by atoms with Crippen molar-refractivity contribution in [1.29, 1.82) is 0 Å².